The van der Waals surface area contributed by atoms with E-state index in [1.165, 1.54) is 0 Å². The molecule has 0 radical (unpaired) electrons. The normalized spacial score (nSPS) is 17.0. The maximum Gasteiger partial charge on any atom is 0.229 e. The monoisotopic (exact) mass is 356 g/mol. The molecule has 3 rings (SSSR count). The van der Waals surface area contributed by atoms with Gasteiger partial charge in [-0.3, -0.25) is 9.59 Å². The Morgan fingerprint density at radius 1 is 1.24 bits per heavy atom. The van der Waals surface area contributed by atoms with Gasteiger partial charge in [0.05, 0.1) is 5.92 Å². The van der Waals surface area contributed by atoms with Crippen LogP contribution in [-0.4, -0.2) is 29.8 Å². The number of rotatable bonds is 5. The minimum absolute atomic E-state index is 0.0401. The number of carbonyl (C=O) groups excluding carboxylic acids is 2. The van der Waals surface area contributed by atoms with Crippen molar-refractivity contribution in [3.05, 3.63) is 64.7 Å². The molecule has 1 aliphatic rings. The minimum atomic E-state index is -0.293. The lowest BCUT2D eigenvalue weighted by molar-refractivity contribution is -0.128. The highest BCUT2D eigenvalue weighted by molar-refractivity contribution is 6.30. The maximum absolute atomic E-state index is 12.4. The summed E-state index contributed by atoms with van der Waals surface area (Å²) in [6.45, 7) is 3.08. The van der Waals surface area contributed by atoms with Crippen LogP contribution in [0.15, 0.2) is 48.5 Å². The van der Waals surface area contributed by atoms with Crippen molar-refractivity contribution < 1.29 is 9.59 Å². The highest BCUT2D eigenvalue weighted by atomic mass is 35.5. The summed E-state index contributed by atoms with van der Waals surface area (Å²) in [6.07, 6.45) is 1.04. The SMILES string of the molecule is Cc1cccc(NC(=O)C2CC(=O)N(CCc3ccc(Cl)cc3)C2)c1. The molecular weight excluding hydrogens is 336 g/mol. The van der Waals surface area contributed by atoms with E-state index in [0.29, 0.717) is 18.1 Å². The zero-order valence-electron chi connectivity index (χ0n) is 14.2. The molecule has 1 aliphatic heterocycles. The van der Waals surface area contributed by atoms with Gasteiger partial charge in [0.15, 0.2) is 0 Å². The van der Waals surface area contributed by atoms with Gasteiger partial charge in [0, 0.05) is 30.2 Å². The van der Waals surface area contributed by atoms with Crippen LogP contribution in [0.25, 0.3) is 0 Å². The fourth-order valence-electron chi connectivity index (χ4n) is 3.05. The zero-order valence-corrected chi connectivity index (χ0v) is 14.9. The number of hydrogen-bond acceptors (Lipinski definition) is 2. The smallest absolute Gasteiger partial charge is 0.229 e. The van der Waals surface area contributed by atoms with Crippen molar-refractivity contribution in [2.45, 2.75) is 19.8 Å². The Bertz CT molecular complexity index is 774. The summed E-state index contributed by atoms with van der Waals surface area (Å²) in [7, 11) is 0. The first kappa shape index (κ1) is 17.5. The molecule has 0 spiro atoms. The van der Waals surface area contributed by atoms with Crippen molar-refractivity contribution in [2.75, 3.05) is 18.4 Å². The van der Waals surface area contributed by atoms with Gasteiger partial charge in [-0.25, -0.2) is 0 Å². The highest BCUT2D eigenvalue weighted by Crippen LogP contribution is 2.21. The van der Waals surface area contributed by atoms with Gasteiger partial charge in [-0.05, 0) is 48.7 Å². The molecule has 2 aromatic carbocycles. The quantitative estimate of drug-likeness (QED) is 0.888. The Morgan fingerprint density at radius 2 is 2.00 bits per heavy atom. The number of amides is 2. The third kappa shape index (κ3) is 4.60. The standard InChI is InChI=1S/C20H21ClN2O2/c1-14-3-2-4-18(11-14)22-20(25)16-12-19(24)23(13-16)10-9-15-5-7-17(21)8-6-15/h2-8,11,16H,9-10,12-13H2,1H3,(H,22,25). The van der Waals surface area contributed by atoms with Crippen LogP contribution in [0, 0.1) is 12.8 Å². The van der Waals surface area contributed by atoms with Crippen LogP contribution in [0.2, 0.25) is 5.02 Å². The predicted molar refractivity (Wildman–Crippen MR) is 99.7 cm³/mol. The van der Waals surface area contributed by atoms with Crippen LogP contribution >= 0.6 is 11.6 Å². The number of anilines is 1. The molecule has 2 amide bonds. The number of nitrogens with zero attached hydrogens (tertiary/aromatic N) is 1. The van der Waals surface area contributed by atoms with Crippen LogP contribution in [0.5, 0.6) is 0 Å². The van der Waals surface area contributed by atoms with Crippen molar-refractivity contribution in [2.24, 2.45) is 5.92 Å². The lowest BCUT2D eigenvalue weighted by Crippen LogP contribution is -2.30. The molecule has 130 valence electrons. The molecule has 1 atom stereocenters. The topological polar surface area (TPSA) is 49.4 Å². The van der Waals surface area contributed by atoms with Gasteiger partial charge in [-0.15, -0.1) is 0 Å². The second kappa shape index (κ2) is 7.70. The molecule has 0 bridgehead atoms. The molecule has 0 aliphatic carbocycles. The first-order chi connectivity index (χ1) is 12.0. The summed E-state index contributed by atoms with van der Waals surface area (Å²) in [5.41, 5.74) is 2.99. The Labute approximate surface area is 152 Å². The highest BCUT2D eigenvalue weighted by Gasteiger charge is 2.33. The van der Waals surface area contributed by atoms with E-state index in [9.17, 15) is 9.59 Å². The van der Waals surface area contributed by atoms with Gasteiger partial charge >= 0.3 is 0 Å². The van der Waals surface area contributed by atoms with E-state index in [0.717, 1.165) is 23.2 Å². The van der Waals surface area contributed by atoms with E-state index >= 15 is 0 Å². The van der Waals surface area contributed by atoms with Crippen molar-refractivity contribution in [3.8, 4) is 0 Å². The van der Waals surface area contributed by atoms with Crippen molar-refractivity contribution in [1.82, 2.24) is 4.90 Å². The Morgan fingerprint density at radius 3 is 2.72 bits per heavy atom. The number of benzene rings is 2. The lowest BCUT2D eigenvalue weighted by atomic mass is 10.1. The molecule has 2 aromatic rings. The molecule has 0 saturated carbocycles. The minimum Gasteiger partial charge on any atom is -0.342 e. The maximum atomic E-state index is 12.4. The fraction of sp³-hybridized carbons (Fsp3) is 0.300. The molecule has 1 unspecified atom stereocenters. The lowest BCUT2D eigenvalue weighted by Gasteiger charge is -2.16. The van der Waals surface area contributed by atoms with E-state index in [2.05, 4.69) is 5.32 Å². The van der Waals surface area contributed by atoms with Crippen molar-refractivity contribution in [3.63, 3.8) is 0 Å². The number of likely N-dealkylation sites (tertiary alicyclic amines) is 1. The summed E-state index contributed by atoms with van der Waals surface area (Å²) in [4.78, 5) is 26.4. The van der Waals surface area contributed by atoms with E-state index < -0.39 is 0 Å². The molecule has 0 aromatic heterocycles. The Balaban J connectivity index is 1.54. The second-order valence-corrected chi connectivity index (χ2v) is 6.91. The number of halogens is 1. The molecule has 1 fully saturated rings. The fourth-order valence-corrected chi connectivity index (χ4v) is 3.17. The first-order valence-corrected chi connectivity index (χ1v) is 8.79. The number of carbonyl (C=O) groups is 2. The average Bonchev–Trinajstić information content (AvgIpc) is 2.95. The Kier molecular flexibility index (Phi) is 5.39. The van der Waals surface area contributed by atoms with Gasteiger partial charge in [-0.2, -0.15) is 0 Å². The molecule has 1 heterocycles. The summed E-state index contributed by atoms with van der Waals surface area (Å²) >= 11 is 5.88. The molecule has 1 N–H and O–H groups in total. The third-order valence-electron chi connectivity index (χ3n) is 4.45. The van der Waals surface area contributed by atoms with E-state index in [1.54, 1.807) is 4.90 Å². The number of hydrogen-bond donors (Lipinski definition) is 1. The van der Waals surface area contributed by atoms with Crippen molar-refractivity contribution in [1.29, 1.82) is 0 Å². The first-order valence-electron chi connectivity index (χ1n) is 8.41. The molecule has 4 nitrogen and oxygen atoms in total. The second-order valence-electron chi connectivity index (χ2n) is 6.48. The van der Waals surface area contributed by atoms with Gasteiger partial charge in [0.2, 0.25) is 11.8 Å². The van der Waals surface area contributed by atoms with Gasteiger partial charge in [0.25, 0.3) is 0 Å². The van der Waals surface area contributed by atoms with Crippen LogP contribution in [0.4, 0.5) is 5.69 Å². The number of aryl methyl sites for hydroxylation is 1. The molecule has 25 heavy (non-hydrogen) atoms. The molecular formula is C20H21ClN2O2. The van der Waals surface area contributed by atoms with Crippen LogP contribution in [-0.2, 0) is 16.0 Å². The van der Waals surface area contributed by atoms with E-state index in [1.807, 2.05) is 55.5 Å². The van der Waals surface area contributed by atoms with E-state index in [-0.39, 0.29) is 24.2 Å². The van der Waals surface area contributed by atoms with Gasteiger partial charge < -0.3 is 10.2 Å². The summed E-state index contributed by atoms with van der Waals surface area (Å²) in [6, 6.07) is 15.3. The van der Waals surface area contributed by atoms with Crippen molar-refractivity contribution >= 4 is 29.1 Å². The number of nitrogens with one attached hydrogen (secondary N) is 1. The van der Waals surface area contributed by atoms with Crippen LogP contribution < -0.4 is 5.32 Å². The predicted octanol–water partition coefficient (Wildman–Crippen LogP) is 3.68. The molecule has 1 saturated heterocycles. The van der Waals surface area contributed by atoms with Crippen LogP contribution in [0.1, 0.15) is 17.5 Å². The van der Waals surface area contributed by atoms with E-state index in [4.69, 9.17) is 11.6 Å². The van der Waals surface area contributed by atoms with Gasteiger partial charge in [0.1, 0.15) is 0 Å². The van der Waals surface area contributed by atoms with Gasteiger partial charge in [-0.1, -0.05) is 35.9 Å². The third-order valence-corrected chi connectivity index (χ3v) is 4.71. The average molecular weight is 357 g/mol. The van der Waals surface area contributed by atoms with Crippen LogP contribution in [0.3, 0.4) is 0 Å². The summed E-state index contributed by atoms with van der Waals surface area (Å²) in [5, 5.41) is 3.62. The molecule has 5 heteroatoms. The zero-order chi connectivity index (χ0) is 17.8. The summed E-state index contributed by atoms with van der Waals surface area (Å²) in [5.74, 6) is -0.343. The largest absolute Gasteiger partial charge is 0.342 e. The summed E-state index contributed by atoms with van der Waals surface area (Å²) < 4.78 is 0. The Hall–Kier alpha value is -2.33.